The van der Waals surface area contributed by atoms with E-state index in [1.54, 1.807) is 6.20 Å². The number of H-pyrrole nitrogens is 2. The Kier molecular flexibility index (Phi) is 1.65. The third-order valence-corrected chi connectivity index (χ3v) is 1.91. The van der Waals surface area contributed by atoms with Gasteiger partial charge in [0.2, 0.25) is 0 Å². The van der Waals surface area contributed by atoms with Gasteiger partial charge in [0, 0.05) is 0 Å². The van der Waals surface area contributed by atoms with Gasteiger partial charge in [0.25, 0.3) is 0 Å². The third kappa shape index (κ3) is 1.22. The van der Waals surface area contributed by atoms with Gasteiger partial charge < -0.3 is 9.97 Å². The topological polar surface area (TPSA) is 74.4 Å². The molecule has 2 aromatic rings. The van der Waals surface area contributed by atoms with Gasteiger partial charge in [-0.15, -0.1) is 0 Å². The molecule has 0 saturated heterocycles. The average Bonchev–Trinajstić information content (AvgIpc) is 2.43. The van der Waals surface area contributed by atoms with Crippen LogP contribution in [0.25, 0.3) is 11.0 Å². The van der Waals surface area contributed by atoms with Crippen LogP contribution in [0.5, 0.6) is 0 Å². The van der Waals surface area contributed by atoms with Crippen LogP contribution in [0.3, 0.4) is 0 Å². The smallest absolute Gasteiger partial charge is 0.304 e. The van der Waals surface area contributed by atoms with Gasteiger partial charge in [-0.05, 0) is 5.92 Å². The van der Waals surface area contributed by atoms with Crippen LogP contribution in [0.15, 0.2) is 11.0 Å². The summed E-state index contributed by atoms with van der Waals surface area (Å²) < 4.78 is 0. The van der Waals surface area contributed by atoms with E-state index in [1.807, 2.05) is 13.8 Å². The molecule has 0 spiro atoms. The monoisotopic (exact) mass is 178 g/mol. The number of hydrogen-bond donors (Lipinski definition) is 2. The summed E-state index contributed by atoms with van der Waals surface area (Å²) in [6.45, 7) is 4.02. The number of nitrogens with one attached hydrogen (secondary N) is 2. The fourth-order valence-electron chi connectivity index (χ4n) is 1.30. The minimum atomic E-state index is -0.216. The van der Waals surface area contributed by atoms with Crippen LogP contribution in [-0.2, 0) is 0 Å². The van der Waals surface area contributed by atoms with Gasteiger partial charge in [0.05, 0.1) is 22.9 Å². The number of nitrogens with zero attached hydrogens (tertiary/aromatic N) is 2. The zero-order valence-electron chi connectivity index (χ0n) is 7.46. The average molecular weight is 178 g/mol. The molecule has 0 fully saturated rings. The normalized spacial score (nSPS) is 11.3. The summed E-state index contributed by atoms with van der Waals surface area (Å²) in [5, 5.41) is 7.79. The molecule has 2 rings (SSSR count). The molecule has 0 aliphatic heterocycles. The molecular weight excluding hydrogens is 168 g/mol. The molecule has 5 heteroatoms. The molecule has 0 amide bonds. The van der Waals surface area contributed by atoms with E-state index in [2.05, 4.69) is 20.2 Å². The summed E-state index contributed by atoms with van der Waals surface area (Å²) in [4.78, 5) is 16.3. The Bertz CT molecular complexity index is 482. The van der Waals surface area contributed by atoms with Crippen molar-refractivity contribution < 1.29 is 0 Å². The van der Waals surface area contributed by atoms with E-state index in [9.17, 15) is 4.79 Å². The molecule has 0 unspecified atom stereocenters. The zero-order valence-corrected chi connectivity index (χ0v) is 7.46. The van der Waals surface area contributed by atoms with E-state index in [4.69, 9.17) is 0 Å². The van der Waals surface area contributed by atoms with Gasteiger partial charge in [-0.1, -0.05) is 13.8 Å². The molecule has 2 aromatic heterocycles. The Morgan fingerprint density at radius 3 is 2.85 bits per heavy atom. The lowest BCUT2D eigenvalue weighted by Gasteiger charge is -2.02. The maximum Gasteiger partial charge on any atom is 0.323 e. The molecule has 0 bridgehead atoms. The van der Waals surface area contributed by atoms with Crippen molar-refractivity contribution in [3.63, 3.8) is 0 Å². The van der Waals surface area contributed by atoms with Gasteiger partial charge in [-0.3, -0.25) is 0 Å². The predicted molar refractivity (Wildman–Crippen MR) is 48.6 cm³/mol. The highest BCUT2D eigenvalue weighted by molar-refractivity contribution is 5.75. The van der Waals surface area contributed by atoms with Crippen LogP contribution in [0, 0.1) is 0 Å². The maximum absolute atomic E-state index is 11.0. The van der Waals surface area contributed by atoms with E-state index in [1.165, 1.54) is 0 Å². The molecule has 68 valence electrons. The molecule has 0 atom stereocenters. The highest BCUT2D eigenvalue weighted by atomic mass is 16.1. The Morgan fingerprint density at radius 2 is 2.15 bits per heavy atom. The van der Waals surface area contributed by atoms with E-state index in [-0.39, 0.29) is 11.6 Å². The third-order valence-electron chi connectivity index (χ3n) is 1.91. The molecule has 0 aliphatic carbocycles. The fraction of sp³-hybridized carbons (Fsp3) is 0.375. The van der Waals surface area contributed by atoms with E-state index >= 15 is 0 Å². The van der Waals surface area contributed by atoms with Gasteiger partial charge in [-0.2, -0.15) is 10.2 Å². The zero-order chi connectivity index (χ0) is 9.42. The van der Waals surface area contributed by atoms with Crippen molar-refractivity contribution in [3.05, 3.63) is 22.4 Å². The van der Waals surface area contributed by atoms with Crippen molar-refractivity contribution in [2.75, 3.05) is 0 Å². The first-order chi connectivity index (χ1) is 6.18. The highest BCUT2D eigenvalue weighted by Gasteiger charge is 2.09. The minimum Gasteiger partial charge on any atom is -0.304 e. The molecule has 5 nitrogen and oxygen atoms in total. The predicted octanol–water partition coefficient (Wildman–Crippen LogP) is 0.770. The molecule has 2 heterocycles. The van der Waals surface area contributed by atoms with Crippen LogP contribution < -0.4 is 5.69 Å². The van der Waals surface area contributed by atoms with Gasteiger partial charge in [0.1, 0.15) is 0 Å². The number of rotatable bonds is 1. The van der Waals surface area contributed by atoms with Gasteiger partial charge >= 0.3 is 5.69 Å². The molecule has 0 radical (unpaired) electrons. The van der Waals surface area contributed by atoms with Crippen LogP contribution >= 0.6 is 0 Å². The quantitative estimate of drug-likeness (QED) is 0.677. The number of hydrogen-bond acceptors (Lipinski definition) is 3. The summed E-state index contributed by atoms with van der Waals surface area (Å²) in [6.07, 6.45) is 1.54. The fourth-order valence-corrected chi connectivity index (χ4v) is 1.30. The number of fused-ring (bicyclic) bond motifs is 1. The Labute approximate surface area is 74.2 Å². The lowest BCUT2D eigenvalue weighted by atomic mass is 10.1. The van der Waals surface area contributed by atoms with Crippen molar-refractivity contribution in [2.45, 2.75) is 19.8 Å². The van der Waals surface area contributed by atoms with Crippen molar-refractivity contribution in [1.82, 2.24) is 20.2 Å². The minimum absolute atomic E-state index is 0.216. The summed E-state index contributed by atoms with van der Waals surface area (Å²) in [6, 6.07) is 0. The first kappa shape index (κ1) is 7.97. The van der Waals surface area contributed by atoms with Crippen LogP contribution in [0.2, 0.25) is 0 Å². The maximum atomic E-state index is 11.0. The van der Waals surface area contributed by atoms with Crippen LogP contribution in [-0.4, -0.2) is 20.2 Å². The van der Waals surface area contributed by atoms with Crippen molar-refractivity contribution in [1.29, 1.82) is 0 Å². The second-order valence-corrected chi connectivity index (χ2v) is 3.25. The van der Waals surface area contributed by atoms with Crippen LogP contribution in [0.1, 0.15) is 25.5 Å². The van der Waals surface area contributed by atoms with Crippen LogP contribution in [0.4, 0.5) is 0 Å². The summed E-state index contributed by atoms with van der Waals surface area (Å²) in [7, 11) is 0. The molecule has 0 aliphatic rings. The lowest BCUT2D eigenvalue weighted by Crippen LogP contribution is -2.00. The van der Waals surface area contributed by atoms with Crippen molar-refractivity contribution in [3.8, 4) is 0 Å². The Hall–Kier alpha value is -1.65. The highest BCUT2D eigenvalue weighted by Crippen LogP contribution is 2.17. The molecular formula is C8H10N4O. The van der Waals surface area contributed by atoms with E-state index < -0.39 is 0 Å². The number of aromatic nitrogens is 4. The second kappa shape index (κ2) is 2.69. The largest absolute Gasteiger partial charge is 0.323 e. The molecule has 13 heavy (non-hydrogen) atoms. The first-order valence-corrected chi connectivity index (χ1v) is 4.12. The Morgan fingerprint density at radius 1 is 1.38 bits per heavy atom. The summed E-state index contributed by atoms with van der Waals surface area (Å²) in [5.74, 6) is 0.252. The van der Waals surface area contributed by atoms with E-state index in [0.29, 0.717) is 5.52 Å². The summed E-state index contributed by atoms with van der Waals surface area (Å²) in [5.41, 5.74) is 2.07. The molecule has 0 saturated carbocycles. The van der Waals surface area contributed by atoms with Gasteiger partial charge in [0.15, 0.2) is 0 Å². The molecule has 2 N–H and O–H groups in total. The van der Waals surface area contributed by atoms with E-state index in [0.717, 1.165) is 11.2 Å². The second-order valence-electron chi connectivity index (χ2n) is 3.25. The number of imidazole rings is 1. The van der Waals surface area contributed by atoms with Crippen molar-refractivity contribution in [2.24, 2.45) is 0 Å². The summed E-state index contributed by atoms with van der Waals surface area (Å²) >= 11 is 0. The SMILES string of the molecule is CC(C)c1nncc2[nH]c(=O)[nH]c12. The Balaban J connectivity index is 2.82. The van der Waals surface area contributed by atoms with Gasteiger partial charge in [-0.25, -0.2) is 4.79 Å². The first-order valence-electron chi connectivity index (χ1n) is 4.12. The standard InChI is InChI=1S/C8H10N4O/c1-4(2)6-7-5(3-9-12-6)10-8(13)11-7/h3-4H,1-2H3,(H2,10,11,13). The molecule has 0 aromatic carbocycles. The lowest BCUT2D eigenvalue weighted by molar-refractivity contribution is 0.796. The number of aromatic amines is 2. The van der Waals surface area contributed by atoms with Crippen molar-refractivity contribution >= 4 is 11.0 Å².